The number of unbranched alkanes of at least 4 members (excludes halogenated alkanes) is 14. The third kappa shape index (κ3) is 7.73. The van der Waals surface area contributed by atoms with E-state index in [0.29, 0.717) is 29.0 Å². The fraction of sp³-hybridized carbons (Fsp3) is 0.435. The molecule has 0 aliphatic carbocycles. The second-order valence-electron chi connectivity index (χ2n) is 14.9. The average Bonchev–Trinajstić information content (AvgIpc) is 3.88. The zero-order chi connectivity index (χ0) is 33.9. The van der Waals surface area contributed by atoms with Crippen molar-refractivity contribution in [3.05, 3.63) is 70.4 Å². The van der Waals surface area contributed by atoms with Crippen molar-refractivity contribution in [1.29, 1.82) is 0 Å². The van der Waals surface area contributed by atoms with Crippen LogP contribution in [0.4, 0.5) is 0 Å². The molecular weight excluding hydrogens is 775 g/mol. The minimum absolute atomic E-state index is 0.390. The Balaban J connectivity index is 0.991. The molecule has 4 heteroatoms. The first-order chi connectivity index (χ1) is 24.7. The van der Waals surface area contributed by atoms with E-state index in [9.17, 15) is 0 Å². The van der Waals surface area contributed by atoms with E-state index < -0.39 is 0 Å². The van der Waals surface area contributed by atoms with Gasteiger partial charge >= 0.3 is 256 Å². The molecule has 0 radical (unpaired) electrons. The van der Waals surface area contributed by atoms with Gasteiger partial charge in [-0.2, -0.15) is 0 Å². The van der Waals surface area contributed by atoms with Crippen LogP contribution in [0.5, 0.6) is 0 Å². The predicted molar refractivity (Wildman–Crippen MR) is 231 cm³/mol. The van der Waals surface area contributed by atoms with Crippen molar-refractivity contribution in [3.63, 3.8) is 0 Å². The number of rotatable bonds is 18. The van der Waals surface area contributed by atoms with Crippen LogP contribution in [0.1, 0.15) is 126 Å². The van der Waals surface area contributed by atoms with Gasteiger partial charge in [0, 0.05) is 0 Å². The standard InChI is InChI=1S/C46H52S2Se2/c1-3-5-7-9-11-13-15-17-19-37-23-35-21-31-25-39-43(29-33(31)27-41(35)47-37)49-46-40-26-32-22-36-24-38(20-18-16-14-12-10-8-6-4-2)48-42(36)28-34(32)30-44(40)50-45(39)46/h21-30H,3-20H2,1-2H3. The van der Waals surface area contributed by atoms with Crippen molar-refractivity contribution in [1.82, 2.24) is 0 Å². The van der Waals surface area contributed by atoms with Crippen molar-refractivity contribution >= 4 is 121 Å². The molecule has 4 heterocycles. The normalized spacial score (nSPS) is 12.4. The first-order valence-electron chi connectivity index (χ1n) is 19.8. The monoisotopic (exact) mass is 828 g/mol. The minimum atomic E-state index is 0.390. The Morgan fingerprint density at radius 1 is 0.380 bits per heavy atom. The van der Waals surface area contributed by atoms with Crippen molar-refractivity contribution in [2.45, 2.75) is 129 Å². The Hall–Kier alpha value is -1.90. The fourth-order valence-corrected chi connectivity index (χ4v) is 16.7. The van der Waals surface area contributed by atoms with Crippen molar-refractivity contribution in [3.8, 4) is 0 Å². The van der Waals surface area contributed by atoms with Crippen molar-refractivity contribution < 1.29 is 0 Å². The van der Waals surface area contributed by atoms with E-state index in [1.807, 2.05) is 22.7 Å². The molecule has 8 rings (SSSR count). The van der Waals surface area contributed by atoms with Gasteiger partial charge in [0.2, 0.25) is 0 Å². The fourth-order valence-electron chi connectivity index (χ4n) is 8.05. The molecule has 4 aromatic heterocycles. The summed E-state index contributed by atoms with van der Waals surface area (Å²) in [5.41, 5.74) is 0. The summed E-state index contributed by atoms with van der Waals surface area (Å²) in [4.78, 5) is 3.15. The molecule has 0 aliphatic rings. The maximum absolute atomic E-state index is 2.56. The molecule has 0 amide bonds. The Morgan fingerprint density at radius 3 is 1.18 bits per heavy atom. The molecule has 0 fully saturated rings. The van der Waals surface area contributed by atoms with E-state index >= 15 is 0 Å². The molecule has 0 aliphatic heterocycles. The van der Waals surface area contributed by atoms with Crippen LogP contribution in [-0.2, 0) is 12.8 Å². The van der Waals surface area contributed by atoms with Gasteiger partial charge in [0.05, 0.1) is 0 Å². The molecule has 4 aromatic carbocycles. The van der Waals surface area contributed by atoms with E-state index in [4.69, 9.17) is 0 Å². The van der Waals surface area contributed by atoms with Gasteiger partial charge in [-0.05, 0) is 0 Å². The van der Waals surface area contributed by atoms with Gasteiger partial charge in [-0.1, -0.05) is 65.2 Å². The number of aryl methyl sites for hydroxylation is 2. The van der Waals surface area contributed by atoms with Gasteiger partial charge in [-0.25, -0.2) is 0 Å². The summed E-state index contributed by atoms with van der Waals surface area (Å²) in [6.45, 7) is 4.61. The van der Waals surface area contributed by atoms with Gasteiger partial charge in [0.25, 0.3) is 0 Å². The van der Waals surface area contributed by atoms with Crippen LogP contribution in [0, 0.1) is 0 Å². The Morgan fingerprint density at radius 2 is 0.760 bits per heavy atom. The number of hydrogen-bond donors (Lipinski definition) is 0. The molecule has 50 heavy (non-hydrogen) atoms. The van der Waals surface area contributed by atoms with Crippen molar-refractivity contribution in [2.24, 2.45) is 0 Å². The number of benzene rings is 4. The van der Waals surface area contributed by atoms with E-state index in [1.54, 1.807) is 37.6 Å². The topological polar surface area (TPSA) is 0 Å². The first kappa shape index (κ1) is 35.1. The van der Waals surface area contributed by atoms with E-state index in [2.05, 4.69) is 74.5 Å². The third-order valence-electron chi connectivity index (χ3n) is 10.9. The first-order valence-corrected chi connectivity index (χ1v) is 24.8. The van der Waals surface area contributed by atoms with Crippen LogP contribution in [0.15, 0.2) is 60.7 Å². The summed E-state index contributed by atoms with van der Waals surface area (Å²) in [6.07, 6.45) is 24.8. The van der Waals surface area contributed by atoms with Crippen LogP contribution >= 0.6 is 22.7 Å². The summed E-state index contributed by atoms with van der Waals surface area (Å²) in [5, 5.41) is 11.8. The van der Waals surface area contributed by atoms with Crippen LogP contribution in [-0.4, -0.2) is 29.0 Å². The molecule has 0 saturated carbocycles. The van der Waals surface area contributed by atoms with Crippen LogP contribution in [0.2, 0.25) is 0 Å². The Bertz CT molecular complexity index is 2210. The van der Waals surface area contributed by atoms with Crippen LogP contribution in [0.3, 0.4) is 0 Å². The number of hydrogen-bond acceptors (Lipinski definition) is 2. The quantitative estimate of drug-likeness (QED) is 0.0597. The van der Waals surface area contributed by atoms with E-state index in [0.717, 1.165) is 0 Å². The summed E-state index contributed by atoms with van der Waals surface area (Å²) in [5.74, 6) is 0. The van der Waals surface area contributed by atoms with Gasteiger partial charge in [0.1, 0.15) is 0 Å². The molecule has 0 unspecified atom stereocenters. The zero-order valence-corrected chi connectivity index (χ0v) is 35.2. The molecule has 0 nitrogen and oxygen atoms in total. The average molecular weight is 827 g/mol. The van der Waals surface area contributed by atoms with Crippen molar-refractivity contribution in [2.75, 3.05) is 0 Å². The Labute approximate surface area is 318 Å². The molecule has 8 aromatic rings. The molecule has 0 spiro atoms. The SMILES string of the molecule is CCCCCCCCCCc1cc2cc3cc4c(cc3cc2s1)[se]c1c2cc3cc5cc(CCCCCCCCCC)sc5cc3cc2[se]c41. The molecule has 260 valence electrons. The number of thiophene rings is 2. The third-order valence-corrected chi connectivity index (χ3v) is 18.9. The van der Waals surface area contributed by atoms with E-state index in [-0.39, 0.29) is 0 Å². The molecular formula is C46H52S2Se2. The van der Waals surface area contributed by atoms with Crippen LogP contribution in [0.25, 0.3) is 69.5 Å². The predicted octanol–water partition coefficient (Wildman–Crippen LogP) is 15.4. The summed E-state index contributed by atoms with van der Waals surface area (Å²) >= 11 is 4.86. The van der Waals surface area contributed by atoms with Gasteiger partial charge < -0.3 is 0 Å². The molecule has 0 bridgehead atoms. The summed E-state index contributed by atoms with van der Waals surface area (Å²) in [7, 11) is 0. The molecule has 0 saturated heterocycles. The second-order valence-corrected chi connectivity index (χ2v) is 21.7. The van der Waals surface area contributed by atoms with Crippen LogP contribution < -0.4 is 0 Å². The van der Waals surface area contributed by atoms with Gasteiger partial charge in [0.15, 0.2) is 0 Å². The molecule has 0 atom stereocenters. The maximum atomic E-state index is 2.56. The molecule has 0 N–H and O–H groups in total. The second kappa shape index (κ2) is 16.4. The van der Waals surface area contributed by atoms with Gasteiger partial charge in [-0.15, -0.1) is 0 Å². The van der Waals surface area contributed by atoms with Gasteiger partial charge in [-0.3, -0.25) is 0 Å². The summed E-state index contributed by atoms with van der Waals surface area (Å²) in [6, 6.07) is 25.2. The summed E-state index contributed by atoms with van der Waals surface area (Å²) < 4.78 is 9.51. The van der Waals surface area contributed by atoms with E-state index in [1.165, 1.54) is 157 Å². The Kier molecular flexibility index (Phi) is 11.5. The zero-order valence-electron chi connectivity index (χ0n) is 30.1. The number of fused-ring (bicyclic) bond motifs is 9.